The van der Waals surface area contributed by atoms with Crippen LogP contribution in [0.2, 0.25) is 0 Å². The van der Waals surface area contributed by atoms with Crippen LogP contribution < -0.4 is 15.4 Å². The minimum Gasteiger partial charge on any atom is -0.439 e. The Bertz CT molecular complexity index is 1390. The number of aryl methyl sites for hydroxylation is 1. The van der Waals surface area contributed by atoms with E-state index in [2.05, 4.69) is 25.7 Å². The summed E-state index contributed by atoms with van der Waals surface area (Å²) in [6.45, 7) is 1.37. The van der Waals surface area contributed by atoms with Gasteiger partial charge in [0, 0.05) is 51.9 Å². The lowest BCUT2D eigenvalue weighted by molar-refractivity contribution is 0.0817. The number of carbonyl (C=O) groups is 2. The molecule has 4 aromatic rings. The molecule has 33 heavy (non-hydrogen) atoms. The van der Waals surface area contributed by atoms with E-state index in [4.69, 9.17) is 4.74 Å². The second kappa shape index (κ2) is 8.02. The summed E-state index contributed by atoms with van der Waals surface area (Å²) in [5.74, 6) is 1.24. The van der Waals surface area contributed by atoms with E-state index >= 15 is 0 Å². The van der Waals surface area contributed by atoms with Crippen LogP contribution in [-0.2, 0) is 20.1 Å². The van der Waals surface area contributed by atoms with Gasteiger partial charge < -0.3 is 15.0 Å². The van der Waals surface area contributed by atoms with E-state index in [9.17, 15) is 9.59 Å². The first kappa shape index (κ1) is 20.6. The van der Waals surface area contributed by atoms with E-state index in [0.29, 0.717) is 41.7 Å². The van der Waals surface area contributed by atoms with Gasteiger partial charge in [0.2, 0.25) is 5.88 Å². The van der Waals surface area contributed by atoms with Crippen molar-refractivity contribution < 1.29 is 14.3 Å². The van der Waals surface area contributed by atoms with Crippen LogP contribution in [-0.4, -0.2) is 55.2 Å². The minimum absolute atomic E-state index is 0.199. The fourth-order valence-corrected chi connectivity index (χ4v) is 3.75. The van der Waals surface area contributed by atoms with Crippen molar-refractivity contribution in [1.82, 2.24) is 34.5 Å². The molecule has 4 heterocycles. The second-order valence-corrected chi connectivity index (χ2v) is 7.88. The van der Waals surface area contributed by atoms with Crippen molar-refractivity contribution in [2.75, 3.05) is 19.4 Å². The number of ether oxygens (including phenoxy) is 1. The third kappa shape index (κ3) is 3.78. The number of anilines is 1. The number of nitrogens with zero attached hydrogens (tertiary/aromatic N) is 6. The highest BCUT2D eigenvalue weighted by molar-refractivity contribution is 5.99. The number of benzene rings is 1. The van der Waals surface area contributed by atoms with Crippen molar-refractivity contribution in [3.63, 3.8) is 0 Å². The molecule has 1 aromatic carbocycles. The molecule has 0 aliphatic carbocycles. The number of hydrogen-bond donors (Lipinski definition) is 2. The van der Waals surface area contributed by atoms with Gasteiger partial charge in [0.15, 0.2) is 5.82 Å². The summed E-state index contributed by atoms with van der Waals surface area (Å²) in [6.07, 6.45) is 3.17. The highest BCUT2D eigenvalue weighted by Crippen LogP contribution is 2.29. The maximum atomic E-state index is 12.9. The summed E-state index contributed by atoms with van der Waals surface area (Å²) < 4.78 is 8.92. The molecule has 0 radical (unpaired) electrons. The molecule has 2 N–H and O–H groups in total. The third-order valence-corrected chi connectivity index (χ3v) is 5.42. The molecular weight excluding hydrogens is 424 g/mol. The summed E-state index contributed by atoms with van der Waals surface area (Å²) in [5, 5.41) is 11.0. The molecule has 0 saturated carbocycles. The monoisotopic (exact) mass is 446 g/mol. The van der Waals surface area contributed by atoms with Crippen molar-refractivity contribution in [2.45, 2.75) is 13.1 Å². The quantitative estimate of drug-likeness (QED) is 0.494. The number of carbonyl (C=O) groups excluding carboxylic acids is 2. The fraction of sp³-hybridized carbons (Fsp3) is 0.227. The lowest BCUT2D eigenvalue weighted by Gasteiger charge is -2.09. The Morgan fingerprint density at radius 3 is 2.82 bits per heavy atom. The Morgan fingerprint density at radius 1 is 1.15 bits per heavy atom. The van der Waals surface area contributed by atoms with E-state index in [1.165, 1.54) is 20.5 Å². The van der Waals surface area contributed by atoms with Crippen LogP contribution in [0.4, 0.5) is 10.6 Å². The van der Waals surface area contributed by atoms with Crippen molar-refractivity contribution in [2.24, 2.45) is 7.05 Å². The van der Waals surface area contributed by atoms with Gasteiger partial charge in [-0.1, -0.05) is 0 Å². The molecule has 2 amide bonds. The molecule has 168 valence electrons. The summed E-state index contributed by atoms with van der Waals surface area (Å²) in [4.78, 5) is 35.1. The van der Waals surface area contributed by atoms with Crippen molar-refractivity contribution >= 4 is 28.7 Å². The topological polar surface area (TPSA) is 119 Å². The molecular formula is C22H22N8O3. The van der Waals surface area contributed by atoms with Gasteiger partial charge in [-0.15, -0.1) is 0 Å². The number of hydrogen-bond acceptors (Lipinski definition) is 7. The molecule has 5 rings (SSSR count). The molecule has 1 aliphatic heterocycles. The molecule has 11 nitrogen and oxygen atoms in total. The SMILES string of the molecule is CN(C)C(=O)c1cc(NC(=O)n2ccc3cc(Oc4ncnc5c4CNC5)ccc32)nn1C. The lowest BCUT2D eigenvalue weighted by atomic mass is 10.2. The van der Waals surface area contributed by atoms with Crippen LogP contribution in [0.1, 0.15) is 21.7 Å². The summed E-state index contributed by atoms with van der Waals surface area (Å²) in [6, 6.07) is 8.44. The van der Waals surface area contributed by atoms with Crippen molar-refractivity contribution in [3.8, 4) is 11.6 Å². The Labute approximate surface area is 189 Å². The van der Waals surface area contributed by atoms with Gasteiger partial charge in [-0.25, -0.2) is 14.8 Å². The second-order valence-electron chi connectivity index (χ2n) is 7.88. The molecule has 0 saturated heterocycles. The number of aromatic nitrogens is 5. The Balaban J connectivity index is 1.36. The van der Waals surface area contributed by atoms with E-state index in [1.807, 2.05) is 18.2 Å². The van der Waals surface area contributed by atoms with Gasteiger partial charge in [-0.3, -0.25) is 19.4 Å². The molecule has 1 aliphatic rings. The number of nitrogens with one attached hydrogen (secondary N) is 2. The molecule has 0 bridgehead atoms. The molecule has 0 atom stereocenters. The highest BCUT2D eigenvalue weighted by Gasteiger charge is 2.19. The van der Waals surface area contributed by atoms with Gasteiger partial charge in [0.05, 0.1) is 16.8 Å². The van der Waals surface area contributed by atoms with Crippen LogP contribution in [0, 0.1) is 0 Å². The average molecular weight is 446 g/mol. The van der Waals surface area contributed by atoms with Gasteiger partial charge >= 0.3 is 6.03 Å². The zero-order valence-corrected chi connectivity index (χ0v) is 18.4. The maximum absolute atomic E-state index is 12.9. The standard InChI is InChI=1S/C22H22N8O3/c1-28(2)21(31)18-9-19(27-29(18)3)26-22(32)30-7-6-13-8-14(4-5-17(13)30)33-20-15-10-23-11-16(15)24-12-25-20/h4-9,12,23H,10-11H2,1-3H3,(H,26,27,32). The van der Waals surface area contributed by atoms with E-state index in [0.717, 1.165) is 16.6 Å². The van der Waals surface area contributed by atoms with Gasteiger partial charge in [-0.2, -0.15) is 5.10 Å². The smallest absolute Gasteiger partial charge is 0.331 e. The average Bonchev–Trinajstić information content (AvgIpc) is 3.51. The van der Waals surface area contributed by atoms with Gasteiger partial charge in [-0.05, 0) is 24.3 Å². The zero-order chi connectivity index (χ0) is 23.1. The zero-order valence-electron chi connectivity index (χ0n) is 18.4. The van der Waals surface area contributed by atoms with E-state index < -0.39 is 0 Å². The first-order valence-corrected chi connectivity index (χ1v) is 10.3. The van der Waals surface area contributed by atoms with Crippen LogP contribution in [0.5, 0.6) is 11.6 Å². The third-order valence-electron chi connectivity index (χ3n) is 5.42. The molecule has 0 unspecified atom stereocenters. The number of fused-ring (bicyclic) bond motifs is 2. The molecule has 11 heteroatoms. The van der Waals surface area contributed by atoms with Crippen LogP contribution in [0.3, 0.4) is 0 Å². The van der Waals surface area contributed by atoms with E-state index in [1.54, 1.807) is 39.5 Å². The lowest BCUT2D eigenvalue weighted by Crippen LogP contribution is -2.24. The predicted octanol–water partition coefficient (Wildman–Crippen LogP) is 2.34. The van der Waals surface area contributed by atoms with Crippen molar-refractivity contribution in [1.29, 1.82) is 0 Å². The van der Waals surface area contributed by atoms with Crippen LogP contribution in [0.15, 0.2) is 42.9 Å². The van der Waals surface area contributed by atoms with Crippen molar-refractivity contribution in [3.05, 3.63) is 59.8 Å². The number of amides is 2. The van der Waals surface area contributed by atoms with Crippen LogP contribution >= 0.6 is 0 Å². The Hall–Kier alpha value is -4.25. The van der Waals surface area contributed by atoms with E-state index in [-0.39, 0.29) is 11.9 Å². The summed E-state index contributed by atoms with van der Waals surface area (Å²) in [5.41, 5.74) is 2.97. The summed E-state index contributed by atoms with van der Waals surface area (Å²) in [7, 11) is 4.97. The number of rotatable bonds is 4. The first-order valence-electron chi connectivity index (χ1n) is 10.3. The fourth-order valence-electron chi connectivity index (χ4n) is 3.75. The molecule has 0 spiro atoms. The Kier molecular flexibility index (Phi) is 5.02. The molecule has 3 aromatic heterocycles. The summed E-state index contributed by atoms with van der Waals surface area (Å²) >= 11 is 0. The maximum Gasteiger partial charge on any atom is 0.331 e. The van der Waals surface area contributed by atoms with Gasteiger partial charge in [0.1, 0.15) is 17.8 Å². The predicted molar refractivity (Wildman–Crippen MR) is 120 cm³/mol. The normalized spacial score (nSPS) is 12.6. The first-order chi connectivity index (χ1) is 15.9. The van der Waals surface area contributed by atoms with Crippen LogP contribution in [0.25, 0.3) is 10.9 Å². The molecule has 0 fully saturated rings. The van der Waals surface area contributed by atoms with Gasteiger partial charge in [0.25, 0.3) is 5.91 Å². The Morgan fingerprint density at radius 2 is 2.00 bits per heavy atom. The highest BCUT2D eigenvalue weighted by atomic mass is 16.5. The largest absolute Gasteiger partial charge is 0.439 e. The minimum atomic E-state index is -0.389.